The predicted octanol–water partition coefficient (Wildman–Crippen LogP) is 7.87. The molecule has 0 amide bonds. The third-order valence-electron chi connectivity index (χ3n) is 10.4. The summed E-state index contributed by atoms with van der Waals surface area (Å²) in [6, 6.07) is 9.06. The van der Waals surface area contributed by atoms with Crippen molar-refractivity contribution in [2.75, 3.05) is 32.2 Å². The summed E-state index contributed by atoms with van der Waals surface area (Å²) in [5.41, 5.74) is 5.74. The molecule has 0 bridgehead atoms. The molecule has 1 unspecified atom stereocenters. The van der Waals surface area contributed by atoms with E-state index in [4.69, 9.17) is 29.0 Å². The number of nitrogen functional groups attached to an aromatic ring is 1. The van der Waals surface area contributed by atoms with Crippen LogP contribution in [0, 0.1) is 17.1 Å². The Morgan fingerprint density at radius 1 is 0.982 bits per heavy atom. The summed E-state index contributed by atoms with van der Waals surface area (Å²) < 4.78 is 57.0. The van der Waals surface area contributed by atoms with Crippen LogP contribution in [0.15, 0.2) is 36.7 Å². The van der Waals surface area contributed by atoms with Crippen LogP contribution in [0.5, 0.6) is 0 Å². The molecular weight excluding hydrogens is 756 g/mol. The van der Waals surface area contributed by atoms with Gasteiger partial charge in [0.1, 0.15) is 41.6 Å². The van der Waals surface area contributed by atoms with Gasteiger partial charge in [0.2, 0.25) is 0 Å². The van der Waals surface area contributed by atoms with Crippen LogP contribution in [-0.2, 0) is 34.4 Å². The number of rotatable bonds is 29. The number of unbranched alkanes of at least 4 members (excludes halogenated alkanes) is 14. The van der Waals surface area contributed by atoms with E-state index in [0.29, 0.717) is 29.8 Å². The summed E-state index contributed by atoms with van der Waals surface area (Å²) in [4.78, 5) is 14.6. The zero-order valence-corrected chi connectivity index (χ0v) is 34.5. The summed E-state index contributed by atoms with van der Waals surface area (Å²) >= 11 is 0. The molecule has 57 heavy (non-hydrogen) atoms. The highest BCUT2D eigenvalue weighted by Gasteiger charge is 2.53. The lowest BCUT2D eigenvalue weighted by Crippen LogP contribution is -2.44. The Kier molecular flexibility index (Phi) is 19.8. The molecule has 3 aromatic rings. The number of ether oxygens (including phenoxy) is 3. The topological polar surface area (TPSA) is 204 Å². The van der Waals surface area contributed by atoms with E-state index in [1.807, 2.05) is 6.07 Å². The van der Waals surface area contributed by atoms with E-state index in [9.17, 15) is 29.3 Å². The van der Waals surface area contributed by atoms with E-state index in [1.165, 1.54) is 113 Å². The Morgan fingerprint density at radius 2 is 1.63 bits per heavy atom. The summed E-state index contributed by atoms with van der Waals surface area (Å²) in [6.45, 7) is 3.48. The number of nitrogens with two attached hydrogens (primary N) is 1. The van der Waals surface area contributed by atoms with E-state index in [1.54, 1.807) is 12.1 Å². The summed E-state index contributed by atoms with van der Waals surface area (Å²) in [7, 11) is -4.75. The van der Waals surface area contributed by atoms with Crippen molar-refractivity contribution < 1.29 is 47.3 Å². The molecule has 5 N–H and O–H groups in total. The van der Waals surface area contributed by atoms with Crippen LogP contribution in [0.2, 0.25) is 0 Å². The van der Waals surface area contributed by atoms with E-state index in [-0.39, 0.29) is 31.2 Å². The van der Waals surface area contributed by atoms with Gasteiger partial charge >= 0.3 is 7.82 Å². The standard InChI is InChI=1S/C41H63FN5O9P/c1-3-4-5-6-7-8-9-10-11-12-13-14-15-16-17-21-52-22-20-34(53-27-32-23-31(26-43)24-33(42)25-32)28-54-57(50,51)55-29-41(2)39(49)37(48)38(56-41)35-18-19-36-40(44)45-30-46-47(35)36/h18-19,23-25,30,34,37-39,48-49H,3-17,20-22,27-29H2,1-2H3,(H,50,51)(H2,44,45,46)/t34-,37+,38+,39+,41-/m1/s1. The third kappa shape index (κ3) is 15.3. The molecule has 1 saturated heterocycles. The molecule has 1 aliphatic heterocycles. The molecule has 318 valence electrons. The Labute approximate surface area is 336 Å². The maximum Gasteiger partial charge on any atom is 0.472 e. The number of aliphatic hydroxyl groups is 2. The van der Waals surface area contributed by atoms with Gasteiger partial charge in [0.25, 0.3) is 0 Å². The van der Waals surface area contributed by atoms with Gasteiger partial charge in [-0.05, 0) is 55.7 Å². The predicted molar refractivity (Wildman–Crippen MR) is 213 cm³/mol. The number of halogens is 1. The molecule has 1 aromatic carbocycles. The van der Waals surface area contributed by atoms with Gasteiger partial charge < -0.3 is 35.1 Å². The number of fused-ring (bicyclic) bond motifs is 1. The first-order valence-corrected chi connectivity index (χ1v) is 22.1. The summed E-state index contributed by atoms with van der Waals surface area (Å²) in [6.07, 6.45) is 15.9. The first kappa shape index (κ1) is 46.7. The van der Waals surface area contributed by atoms with Crippen molar-refractivity contribution in [3.8, 4) is 6.07 Å². The Balaban J connectivity index is 1.19. The Bertz CT molecular complexity index is 1730. The van der Waals surface area contributed by atoms with Crippen molar-refractivity contribution in [1.82, 2.24) is 14.6 Å². The highest BCUT2D eigenvalue weighted by atomic mass is 31.2. The average Bonchev–Trinajstić information content (AvgIpc) is 3.72. The van der Waals surface area contributed by atoms with Crippen molar-refractivity contribution in [1.29, 1.82) is 5.26 Å². The quantitative estimate of drug-likeness (QED) is 0.0389. The number of phosphoric ester groups is 1. The normalized spacial score (nSPS) is 21.2. The van der Waals surface area contributed by atoms with Crippen molar-refractivity contribution in [3.63, 3.8) is 0 Å². The van der Waals surface area contributed by atoms with Gasteiger partial charge in [0.15, 0.2) is 5.82 Å². The minimum Gasteiger partial charge on any atom is -0.387 e. The fourth-order valence-corrected chi connectivity index (χ4v) is 7.89. The fraction of sp³-hybridized carbons (Fsp3) is 0.683. The molecule has 0 spiro atoms. The number of nitrogens with zero attached hydrogens (tertiary/aromatic N) is 4. The van der Waals surface area contributed by atoms with E-state index in [0.717, 1.165) is 18.9 Å². The molecule has 0 saturated carbocycles. The third-order valence-corrected chi connectivity index (χ3v) is 11.4. The van der Waals surface area contributed by atoms with Crippen molar-refractivity contribution in [2.45, 2.75) is 153 Å². The van der Waals surface area contributed by atoms with Crippen LogP contribution in [0.4, 0.5) is 10.2 Å². The smallest absolute Gasteiger partial charge is 0.387 e. The molecule has 1 fully saturated rings. The number of phosphoric acid groups is 1. The number of hydrogen-bond donors (Lipinski definition) is 4. The van der Waals surface area contributed by atoms with E-state index in [2.05, 4.69) is 17.0 Å². The zero-order valence-electron chi connectivity index (χ0n) is 33.6. The van der Waals surface area contributed by atoms with Gasteiger partial charge in [-0.15, -0.1) is 0 Å². The Morgan fingerprint density at radius 3 is 2.28 bits per heavy atom. The van der Waals surface area contributed by atoms with Gasteiger partial charge in [-0.2, -0.15) is 10.4 Å². The average molecular weight is 820 g/mol. The second kappa shape index (κ2) is 24.1. The highest BCUT2D eigenvalue weighted by Crippen LogP contribution is 2.47. The van der Waals surface area contributed by atoms with Crippen LogP contribution in [-0.4, -0.2) is 80.0 Å². The number of aromatic nitrogens is 3. The van der Waals surface area contributed by atoms with Crippen molar-refractivity contribution in [2.24, 2.45) is 0 Å². The van der Waals surface area contributed by atoms with E-state index < -0.39 is 50.3 Å². The van der Waals surface area contributed by atoms with Gasteiger partial charge in [-0.25, -0.2) is 18.5 Å². The number of benzene rings is 1. The van der Waals surface area contributed by atoms with E-state index >= 15 is 0 Å². The van der Waals surface area contributed by atoms with Gasteiger partial charge in [0, 0.05) is 13.2 Å². The molecule has 4 rings (SSSR count). The van der Waals surface area contributed by atoms with Gasteiger partial charge in [0.05, 0.1) is 43.3 Å². The van der Waals surface area contributed by atoms with Crippen LogP contribution in [0.3, 0.4) is 0 Å². The molecule has 16 heteroatoms. The number of aliphatic hydroxyl groups excluding tert-OH is 2. The van der Waals surface area contributed by atoms with Crippen molar-refractivity contribution in [3.05, 3.63) is 59.3 Å². The maximum absolute atomic E-state index is 14.1. The Hall–Kier alpha value is -3.03. The molecule has 2 aromatic heterocycles. The second-order valence-electron chi connectivity index (χ2n) is 15.3. The molecule has 14 nitrogen and oxygen atoms in total. The molecule has 6 atom stereocenters. The molecule has 0 aliphatic carbocycles. The first-order chi connectivity index (χ1) is 27.5. The molecule has 1 aliphatic rings. The molecule has 3 heterocycles. The SMILES string of the molecule is CCCCCCCCCCCCCCCCCOCC[C@H](COP(=O)(O)OC[C@@]1(C)O[C@@H](c2ccc3c(N)ncnn23)[C@H](O)[C@@H]1O)OCc1cc(F)cc(C#N)c1. The number of anilines is 1. The van der Waals surface area contributed by atoms with Crippen LogP contribution < -0.4 is 5.73 Å². The minimum absolute atomic E-state index is 0.0849. The lowest BCUT2D eigenvalue weighted by molar-refractivity contribution is -0.101. The van der Waals surface area contributed by atoms with Gasteiger partial charge in [-0.3, -0.25) is 9.05 Å². The number of hydrogen-bond acceptors (Lipinski definition) is 12. The largest absolute Gasteiger partial charge is 0.472 e. The molecule has 0 radical (unpaired) electrons. The number of nitriles is 1. The summed E-state index contributed by atoms with van der Waals surface area (Å²) in [5.74, 6) is -0.370. The van der Waals surface area contributed by atoms with Crippen LogP contribution in [0.1, 0.15) is 140 Å². The summed E-state index contributed by atoms with van der Waals surface area (Å²) in [5, 5.41) is 35.2. The lowest BCUT2D eigenvalue weighted by Gasteiger charge is -2.28. The lowest BCUT2D eigenvalue weighted by atomic mass is 9.97. The molecular formula is C41H63FN5O9P. The first-order valence-electron chi connectivity index (χ1n) is 20.6. The van der Waals surface area contributed by atoms with Crippen LogP contribution in [0.25, 0.3) is 5.52 Å². The highest BCUT2D eigenvalue weighted by molar-refractivity contribution is 7.47. The fourth-order valence-electron chi connectivity index (χ4n) is 7.04. The second-order valence-corrected chi connectivity index (χ2v) is 16.7. The van der Waals surface area contributed by atoms with Crippen LogP contribution >= 0.6 is 7.82 Å². The van der Waals surface area contributed by atoms with Crippen molar-refractivity contribution >= 4 is 19.2 Å². The zero-order chi connectivity index (χ0) is 41.1. The van der Waals surface area contributed by atoms with Gasteiger partial charge in [-0.1, -0.05) is 96.8 Å². The minimum atomic E-state index is -4.75. The monoisotopic (exact) mass is 819 g/mol. The maximum atomic E-state index is 14.1.